The van der Waals surface area contributed by atoms with Crippen LogP contribution in [0.25, 0.3) is 11.0 Å². The number of aryl methyl sites for hydroxylation is 1. The first kappa shape index (κ1) is 17.1. The number of carbonyl (C=O) groups is 2. The first-order valence-corrected chi connectivity index (χ1v) is 8.07. The summed E-state index contributed by atoms with van der Waals surface area (Å²) in [6.45, 7) is 2.56. The number of carbonyl (C=O) groups excluding carboxylic acids is 1. The number of carboxylic acids is 1. The second kappa shape index (κ2) is 8.36. The van der Waals surface area contributed by atoms with Gasteiger partial charge in [-0.15, -0.1) is 0 Å². The molecule has 0 saturated heterocycles. The maximum atomic E-state index is 12.1. The van der Waals surface area contributed by atoms with Crippen molar-refractivity contribution in [3.63, 3.8) is 0 Å². The van der Waals surface area contributed by atoms with Crippen LogP contribution in [0.1, 0.15) is 54.6 Å². The smallest absolute Gasteiger partial charge is 0.303 e. The van der Waals surface area contributed by atoms with Gasteiger partial charge in [-0.3, -0.25) is 9.59 Å². The third kappa shape index (κ3) is 5.13. The van der Waals surface area contributed by atoms with Crippen LogP contribution in [-0.4, -0.2) is 23.5 Å². The highest BCUT2D eigenvalue weighted by atomic mass is 16.4. The van der Waals surface area contributed by atoms with Crippen LogP contribution in [0.4, 0.5) is 0 Å². The number of amides is 1. The fourth-order valence-corrected chi connectivity index (χ4v) is 2.54. The van der Waals surface area contributed by atoms with E-state index in [0.717, 1.165) is 48.6 Å². The maximum Gasteiger partial charge on any atom is 0.303 e. The van der Waals surface area contributed by atoms with Crippen LogP contribution in [0.2, 0.25) is 0 Å². The van der Waals surface area contributed by atoms with Crippen LogP contribution >= 0.6 is 0 Å². The molecule has 0 saturated carbocycles. The molecule has 2 rings (SSSR count). The van der Waals surface area contributed by atoms with E-state index in [1.807, 2.05) is 25.1 Å². The standard InChI is InChI=1S/C18H23NO4/c1-13-8-7-9-14-12-15(23-17(13)14)18(22)19-11-6-4-2-3-5-10-16(20)21/h7-9,12H,2-6,10-11H2,1H3,(H,19,22)(H,20,21). The van der Waals surface area contributed by atoms with E-state index in [9.17, 15) is 9.59 Å². The van der Waals surface area contributed by atoms with E-state index in [1.165, 1.54) is 0 Å². The Labute approximate surface area is 135 Å². The molecule has 0 aliphatic rings. The maximum absolute atomic E-state index is 12.1. The number of hydrogen-bond acceptors (Lipinski definition) is 3. The Hall–Kier alpha value is -2.30. The average Bonchev–Trinajstić information content (AvgIpc) is 2.95. The molecule has 23 heavy (non-hydrogen) atoms. The summed E-state index contributed by atoms with van der Waals surface area (Å²) < 4.78 is 5.63. The van der Waals surface area contributed by atoms with Crippen LogP contribution in [0, 0.1) is 6.92 Å². The van der Waals surface area contributed by atoms with Crippen LogP contribution < -0.4 is 5.32 Å². The van der Waals surface area contributed by atoms with Gasteiger partial charge in [0.05, 0.1) is 0 Å². The van der Waals surface area contributed by atoms with E-state index in [0.29, 0.717) is 12.3 Å². The van der Waals surface area contributed by atoms with Crippen molar-refractivity contribution in [2.75, 3.05) is 6.54 Å². The number of carboxylic acid groups (broad SMARTS) is 1. The number of benzene rings is 1. The molecule has 124 valence electrons. The molecular weight excluding hydrogens is 294 g/mol. The van der Waals surface area contributed by atoms with Crippen molar-refractivity contribution in [3.05, 3.63) is 35.6 Å². The molecule has 1 amide bonds. The largest absolute Gasteiger partial charge is 0.481 e. The predicted molar refractivity (Wildman–Crippen MR) is 88.6 cm³/mol. The van der Waals surface area contributed by atoms with E-state index >= 15 is 0 Å². The summed E-state index contributed by atoms with van der Waals surface area (Å²) in [4.78, 5) is 22.4. The highest BCUT2D eigenvalue weighted by Gasteiger charge is 2.12. The minimum Gasteiger partial charge on any atom is -0.481 e. The van der Waals surface area contributed by atoms with Gasteiger partial charge in [-0.05, 0) is 31.4 Å². The summed E-state index contributed by atoms with van der Waals surface area (Å²) in [5.74, 6) is -0.583. The molecule has 1 heterocycles. The Morgan fingerprint density at radius 3 is 2.61 bits per heavy atom. The van der Waals surface area contributed by atoms with Gasteiger partial charge in [-0.2, -0.15) is 0 Å². The monoisotopic (exact) mass is 317 g/mol. The SMILES string of the molecule is Cc1cccc2cc(C(=O)NCCCCCCCC(=O)O)oc12. The van der Waals surface area contributed by atoms with E-state index in [4.69, 9.17) is 9.52 Å². The summed E-state index contributed by atoms with van der Waals surface area (Å²) in [7, 11) is 0. The Balaban J connectivity index is 1.68. The Morgan fingerprint density at radius 2 is 1.87 bits per heavy atom. The number of fused-ring (bicyclic) bond motifs is 1. The van der Waals surface area contributed by atoms with Gasteiger partial charge in [-0.25, -0.2) is 0 Å². The lowest BCUT2D eigenvalue weighted by Gasteiger charge is -2.03. The summed E-state index contributed by atoms with van der Waals surface area (Å²) in [6.07, 6.45) is 4.75. The van der Waals surface area contributed by atoms with Crippen molar-refractivity contribution in [3.8, 4) is 0 Å². The fraction of sp³-hybridized carbons (Fsp3) is 0.444. The Kier molecular flexibility index (Phi) is 6.20. The van der Waals surface area contributed by atoms with Gasteiger partial charge < -0.3 is 14.8 Å². The molecule has 0 aliphatic heterocycles. The predicted octanol–water partition coefficient (Wildman–Crippen LogP) is 3.90. The van der Waals surface area contributed by atoms with Crippen molar-refractivity contribution in [2.24, 2.45) is 0 Å². The molecule has 1 aromatic heterocycles. The number of para-hydroxylation sites is 1. The number of unbranched alkanes of at least 4 members (excludes halogenated alkanes) is 4. The van der Waals surface area contributed by atoms with E-state index in [2.05, 4.69) is 5.32 Å². The zero-order valence-electron chi connectivity index (χ0n) is 13.4. The zero-order valence-corrected chi connectivity index (χ0v) is 13.4. The number of rotatable bonds is 9. The van der Waals surface area contributed by atoms with E-state index in [-0.39, 0.29) is 12.3 Å². The molecule has 0 bridgehead atoms. The van der Waals surface area contributed by atoms with Gasteiger partial charge in [-0.1, -0.05) is 37.5 Å². The molecule has 0 unspecified atom stereocenters. The Morgan fingerprint density at radius 1 is 1.13 bits per heavy atom. The van der Waals surface area contributed by atoms with Crippen LogP contribution in [0.15, 0.2) is 28.7 Å². The number of hydrogen-bond donors (Lipinski definition) is 2. The summed E-state index contributed by atoms with van der Waals surface area (Å²) in [6, 6.07) is 7.60. The summed E-state index contributed by atoms with van der Waals surface area (Å²) >= 11 is 0. The topological polar surface area (TPSA) is 79.5 Å². The second-order valence-corrected chi connectivity index (χ2v) is 5.77. The minimum absolute atomic E-state index is 0.188. The molecule has 2 N–H and O–H groups in total. The molecule has 0 aliphatic carbocycles. The van der Waals surface area contributed by atoms with Crippen molar-refractivity contribution >= 4 is 22.8 Å². The van der Waals surface area contributed by atoms with Crippen molar-refractivity contribution in [1.29, 1.82) is 0 Å². The van der Waals surface area contributed by atoms with Gasteiger partial charge in [0, 0.05) is 18.4 Å². The fourth-order valence-electron chi connectivity index (χ4n) is 2.54. The lowest BCUT2D eigenvalue weighted by molar-refractivity contribution is -0.137. The lowest BCUT2D eigenvalue weighted by Crippen LogP contribution is -2.23. The first-order valence-electron chi connectivity index (χ1n) is 8.07. The van der Waals surface area contributed by atoms with Crippen molar-refractivity contribution in [1.82, 2.24) is 5.32 Å². The van der Waals surface area contributed by atoms with E-state index in [1.54, 1.807) is 6.07 Å². The summed E-state index contributed by atoms with van der Waals surface area (Å²) in [5.41, 5.74) is 1.78. The lowest BCUT2D eigenvalue weighted by atomic mass is 10.1. The summed E-state index contributed by atoms with van der Waals surface area (Å²) in [5, 5.41) is 12.3. The molecule has 0 fully saturated rings. The highest BCUT2D eigenvalue weighted by molar-refractivity contribution is 5.96. The quantitative estimate of drug-likeness (QED) is 0.687. The number of furan rings is 1. The number of nitrogens with one attached hydrogen (secondary N) is 1. The second-order valence-electron chi connectivity index (χ2n) is 5.77. The minimum atomic E-state index is -0.738. The van der Waals surface area contributed by atoms with Gasteiger partial charge in [0.15, 0.2) is 5.76 Å². The van der Waals surface area contributed by atoms with Crippen LogP contribution in [-0.2, 0) is 4.79 Å². The molecule has 0 radical (unpaired) electrons. The van der Waals surface area contributed by atoms with Crippen LogP contribution in [0.3, 0.4) is 0 Å². The van der Waals surface area contributed by atoms with E-state index < -0.39 is 5.97 Å². The Bertz CT molecular complexity index is 675. The highest BCUT2D eigenvalue weighted by Crippen LogP contribution is 2.22. The zero-order chi connectivity index (χ0) is 16.7. The molecule has 2 aromatic rings. The van der Waals surface area contributed by atoms with Crippen molar-refractivity contribution < 1.29 is 19.1 Å². The molecule has 0 atom stereocenters. The first-order chi connectivity index (χ1) is 11.1. The molecule has 0 spiro atoms. The average molecular weight is 317 g/mol. The van der Waals surface area contributed by atoms with Gasteiger partial charge in [0.1, 0.15) is 5.58 Å². The molecule has 5 heteroatoms. The van der Waals surface area contributed by atoms with Crippen molar-refractivity contribution in [2.45, 2.75) is 45.4 Å². The van der Waals surface area contributed by atoms with Gasteiger partial charge in [0.2, 0.25) is 0 Å². The van der Waals surface area contributed by atoms with Gasteiger partial charge in [0.25, 0.3) is 5.91 Å². The molecule has 5 nitrogen and oxygen atoms in total. The normalized spacial score (nSPS) is 10.8. The third-order valence-electron chi connectivity index (χ3n) is 3.82. The molecule has 1 aromatic carbocycles. The van der Waals surface area contributed by atoms with Crippen LogP contribution in [0.5, 0.6) is 0 Å². The molecular formula is C18H23NO4. The number of aliphatic carboxylic acids is 1. The van der Waals surface area contributed by atoms with Gasteiger partial charge >= 0.3 is 5.97 Å². The third-order valence-corrected chi connectivity index (χ3v) is 3.82.